The molecule has 3 saturated heterocycles. The fourth-order valence-electron chi connectivity index (χ4n) is 3.30. The molecule has 3 rings (SSSR count). The monoisotopic (exact) mass is 335 g/mol. The van der Waals surface area contributed by atoms with E-state index in [9.17, 15) is 0 Å². The molecule has 0 aromatic heterocycles. The van der Waals surface area contributed by atoms with Gasteiger partial charge in [0.05, 0.1) is 0 Å². The topological polar surface area (TPSA) is 21.7 Å². The van der Waals surface area contributed by atoms with Crippen LogP contribution in [-0.4, -0.2) is 61.4 Å². The van der Waals surface area contributed by atoms with Gasteiger partial charge in [-0.3, -0.25) is 0 Å². The second-order valence-electron chi connectivity index (χ2n) is 5.41. The van der Waals surface area contributed by atoms with Gasteiger partial charge in [-0.05, 0) is 0 Å². The zero-order valence-electron chi connectivity index (χ0n) is 10.5. The third-order valence-electron chi connectivity index (χ3n) is 4.15. The average molecular weight is 334 g/mol. The molecule has 3 heterocycles. The van der Waals surface area contributed by atoms with Crippen LogP contribution in [0, 0.1) is 0 Å². The fraction of sp³-hybridized carbons (Fsp3) is 1.00. The van der Waals surface area contributed by atoms with Crippen molar-refractivity contribution >= 4 is 18.4 Å². The van der Waals surface area contributed by atoms with Crippen molar-refractivity contribution in [3.63, 3.8) is 0 Å². The molecule has 94 valence electrons. The van der Waals surface area contributed by atoms with Crippen LogP contribution in [-0.2, 0) is 9.47 Å². The summed E-state index contributed by atoms with van der Waals surface area (Å²) in [6.07, 6.45) is 4.31. The Morgan fingerprint density at radius 2 is 1.56 bits per heavy atom. The van der Waals surface area contributed by atoms with Crippen LogP contribution in [0.1, 0.15) is 19.3 Å². The van der Waals surface area contributed by atoms with Gasteiger partial charge in [0.25, 0.3) is 0 Å². The molecular formula is C12H25NO2Sn. The van der Waals surface area contributed by atoms with E-state index in [0.29, 0.717) is 6.79 Å². The molecule has 0 N–H and O–H groups in total. The van der Waals surface area contributed by atoms with Gasteiger partial charge in [-0.1, -0.05) is 0 Å². The van der Waals surface area contributed by atoms with E-state index in [4.69, 9.17) is 9.47 Å². The summed E-state index contributed by atoms with van der Waals surface area (Å²) in [5.41, 5.74) is 0. The first-order chi connectivity index (χ1) is 7.85. The van der Waals surface area contributed by atoms with Gasteiger partial charge in [-0.15, -0.1) is 0 Å². The Morgan fingerprint density at radius 1 is 1.00 bits per heavy atom. The molecule has 16 heavy (non-hydrogen) atoms. The summed E-state index contributed by atoms with van der Waals surface area (Å²) in [7, 11) is 1.72. The Hall–Kier alpha value is 0.679. The van der Waals surface area contributed by atoms with E-state index >= 15 is 0 Å². The van der Waals surface area contributed by atoms with Crippen molar-refractivity contribution in [2.45, 2.75) is 32.6 Å². The van der Waals surface area contributed by atoms with E-state index in [1.165, 1.54) is 38.9 Å². The minimum absolute atomic E-state index is 0.505. The first-order valence-electron chi connectivity index (χ1n) is 6.64. The molecule has 0 amide bonds. The van der Waals surface area contributed by atoms with E-state index in [-0.39, 0.29) is 0 Å². The Kier molecular flexibility index (Phi) is 5.39. The Morgan fingerprint density at radius 3 is 2.06 bits per heavy atom. The van der Waals surface area contributed by atoms with Crippen LogP contribution in [0.5, 0.6) is 0 Å². The molecule has 0 aromatic carbocycles. The van der Waals surface area contributed by atoms with Crippen molar-refractivity contribution in [2.24, 2.45) is 0 Å². The molecule has 2 bridgehead atoms. The first kappa shape index (κ1) is 13.1. The zero-order valence-corrected chi connectivity index (χ0v) is 13.4. The number of ether oxygens (including phenoxy) is 2. The molecule has 0 aromatic rings. The number of nitrogens with zero attached hydrogens (tertiary/aromatic N) is 1. The van der Waals surface area contributed by atoms with E-state index in [2.05, 4.69) is 4.90 Å². The quantitative estimate of drug-likeness (QED) is 0.447. The van der Waals surface area contributed by atoms with Crippen LogP contribution in [0.25, 0.3) is 0 Å². The van der Waals surface area contributed by atoms with E-state index < -0.39 is 18.4 Å². The van der Waals surface area contributed by atoms with Crippen molar-refractivity contribution in [1.82, 2.24) is 4.90 Å². The molecule has 0 atom stereocenters. The normalized spacial score (nSPS) is 35.4. The molecule has 0 radical (unpaired) electrons. The van der Waals surface area contributed by atoms with Crippen molar-refractivity contribution in [3.8, 4) is 0 Å². The molecule has 4 heteroatoms. The van der Waals surface area contributed by atoms with Gasteiger partial charge in [0.1, 0.15) is 0 Å². The van der Waals surface area contributed by atoms with Crippen LogP contribution in [0.15, 0.2) is 0 Å². The summed E-state index contributed by atoms with van der Waals surface area (Å²) in [4.78, 5) is 2.67. The number of fused-ring (bicyclic) bond motifs is 6. The molecule has 0 aliphatic carbocycles. The predicted octanol–water partition coefficient (Wildman–Crippen LogP) is 2.09. The molecule has 0 spiro atoms. The molecule has 3 nitrogen and oxygen atoms in total. The van der Waals surface area contributed by atoms with Crippen molar-refractivity contribution in [2.75, 3.05) is 38.2 Å². The summed E-state index contributed by atoms with van der Waals surface area (Å²) < 4.78 is 16.5. The van der Waals surface area contributed by atoms with E-state index in [0.717, 1.165) is 4.62 Å². The van der Waals surface area contributed by atoms with Crippen LogP contribution >= 0.6 is 0 Å². The van der Waals surface area contributed by atoms with Gasteiger partial charge in [-0.2, -0.15) is 0 Å². The van der Waals surface area contributed by atoms with Crippen molar-refractivity contribution in [1.29, 1.82) is 0 Å². The van der Waals surface area contributed by atoms with Crippen molar-refractivity contribution in [3.05, 3.63) is 0 Å². The summed E-state index contributed by atoms with van der Waals surface area (Å²) in [6.45, 7) is 4.56. The van der Waals surface area contributed by atoms with Gasteiger partial charge < -0.3 is 0 Å². The second-order valence-corrected chi connectivity index (χ2v) is 19.1. The fourth-order valence-corrected chi connectivity index (χ4v) is 15.9. The first-order valence-corrected chi connectivity index (χ1v) is 14.7. The van der Waals surface area contributed by atoms with Gasteiger partial charge in [0.15, 0.2) is 0 Å². The predicted molar refractivity (Wildman–Crippen MR) is 68.3 cm³/mol. The minimum atomic E-state index is -1.89. The maximum atomic E-state index is 5.75. The average Bonchev–Trinajstić information content (AvgIpc) is 2.19. The summed E-state index contributed by atoms with van der Waals surface area (Å²) in [5.74, 6) is 0. The Labute approximate surface area is 103 Å². The van der Waals surface area contributed by atoms with Crippen LogP contribution in [0.4, 0.5) is 0 Å². The van der Waals surface area contributed by atoms with Crippen LogP contribution in [0.2, 0.25) is 13.3 Å². The van der Waals surface area contributed by atoms with Gasteiger partial charge >= 0.3 is 103 Å². The summed E-state index contributed by atoms with van der Waals surface area (Å²) in [5, 5.41) is 0. The van der Waals surface area contributed by atoms with Crippen LogP contribution < -0.4 is 0 Å². The van der Waals surface area contributed by atoms with E-state index in [1.807, 2.05) is 0 Å². The molecule has 3 fully saturated rings. The molecular weight excluding hydrogens is 309 g/mol. The third-order valence-corrected chi connectivity index (χ3v) is 18.6. The zero-order chi connectivity index (χ0) is 11.3. The third kappa shape index (κ3) is 3.58. The standard InChI is InChI=1S/C9H18N.C3H7O2.Sn/c1-4-7-10(8-5-2)9-6-3;1-4-3-5-2;/h1-9H2;1,3H2,2H3;. The maximum absolute atomic E-state index is 5.75. The number of hydrogen-bond donors (Lipinski definition) is 0. The molecule has 0 saturated carbocycles. The molecule has 3 aliphatic rings. The Balaban J connectivity index is 1.92. The van der Waals surface area contributed by atoms with Crippen molar-refractivity contribution < 1.29 is 9.47 Å². The molecule has 0 unspecified atom stereocenters. The number of methoxy groups -OCH3 is 1. The Bertz CT molecular complexity index is 187. The molecule has 3 aliphatic heterocycles. The summed E-state index contributed by atoms with van der Waals surface area (Å²) >= 11 is -1.89. The number of rotatable bonds is 4. The van der Waals surface area contributed by atoms with Gasteiger partial charge in [-0.25, -0.2) is 0 Å². The number of hydrogen-bond acceptors (Lipinski definition) is 3. The summed E-state index contributed by atoms with van der Waals surface area (Å²) in [6, 6.07) is 0. The SMILES string of the molecule is COCO[CH2][Sn]12[CH2]CCN(CC[CH2]1)CC[CH2]2. The second kappa shape index (κ2) is 6.57. The van der Waals surface area contributed by atoms with Gasteiger partial charge in [0.2, 0.25) is 0 Å². The van der Waals surface area contributed by atoms with Gasteiger partial charge in [0, 0.05) is 0 Å². The van der Waals surface area contributed by atoms with E-state index in [1.54, 1.807) is 20.4 Å². The van der Waals surface area contributed by atoms with Crippen LogP contribution in [0.3, 0.4) is 0 Å².